The third-order valence-corrected chi connectivity index (χ3v) is 1.38. The number of aliphatic hydroxyl groups excluding tert-OH is 1. The summed E-state index contributed by atoms with van der Waals surface area (Å²) in [7, 11) is -4.16. The number of aliphatic hydroxyl groups is 1. The summed E-state index contributed by atoms with van der Waals surface area (Å²) in [6.45, 7) is -0.249. The fourth-order valence-electron chi connectivity index (χ4n) is 0.328. The maximum Gasteiger partial charge on any atom is 1.00 e. The van der Waals surface area contributed by atoms with E-state index in [1.54, 1.807) is 0 Å². The van der Waals surface area contributed by atoms with Gasteiger partial charge in [-0.1, -0.05) is 0 Å². The van der Waals surface area contributed by atoms with Crippen molar-refractivity contribution in [3.8, 4) is 0 Å². The van der Waals surface area contributed by atoms with Gasteiger partial charge in [-0.3, -0.25) is 0 Å². The van der Waals surface area contributed by atoms with E-state index in [1.807, 2.05) is 0 Å². The Hall–Kier alpha value is 0.830. The molecule has 0 aliphatic rings. The van der Waals surface area contributed by atoms with Gasteiger partial charge in [0.05, 0.1) is 35.7 Å². The van der Waals surface area contributed by atoms with Crippen LogP contribution in [0.25, 0.3) is 0 Å². The van der Waals surface area contributed by atoms with Crippen molar-refractivity contribution >= 4 is 10.1 Å². The predicted octanol–water partition coefficient (Wildman–Crippen LogP) is -4.46. The molecule has 0 rings (SSSR count). The van der Waals surface area contributed by atoms with E-state index in [9.17, 15) is 13.0 Å². The van der Waals surface area contributed by atoms with E-state index in [4.69, 9.17) is 5.11 Å². The van der Waals surface area contributed by atoms with Crippen LogP contribution in [-0.2, 0) is 14.9 Å². The Labute approximate surface area is 87.8 Å². The SMILES string of the molecule is O=S(=O)([O-])CCOCCO.[Na+]. The Morgan fingerprint density at radius 1 is 1.36 bits per heavy atom. The van der Waals surface area contributed by atoms with Crippen LogP contribution in [-0.4, -0.2) is 43.7 Å². The molecular weight excluding hydrogens is 183 g/mol. The maximum atomic E-state index is 9.90. The van der Waals surface area contributed by atoms with E-state index in [0.29, 0.717) is 0 Å². The maximum absolute atomic E-state index is 9.90. The quantitative estimate of drug-likeness (QED) is 0.270. The molecule has 0 aromatic rings. The normalized spacial score (nSPS) is 10.7. The minimum absolute atomic E-state index is 0. The molecule has 0 saturated heterocycles. The van der Waals surface area contributed by atoms with Gasteiger partial charge in [-0.2, -0.15) is 0 Å². The van der Waals surface area contributed by atoms with Gasteiger partial charge in [-0.05, 0) is 0 Å². The summed E-state index contributed by atoms with van der Waals surface area (Å²) in [6, 6.07) is 0. The molecule has 0 atom stereocenters. The van der Waals surface area contributed by atoms with Crippen LogP contribution < -0.4 is 29.6 Å². The zero-order valence-electron chi connectivity index (χ0n) is 6.32. The topological polar surface area (TPSA) is 86.7 Å². The zero-order valence-corrected chi connectivity index (χ0v) is 9.13. The number of hydrogen-bond donors (Lipinski definition) is 1. The van der Waals surface area contributed by atoms with Gasteiger partial charge in [-0.15, -0.1) is 0 Å². The van der Waals surface area contributed by atoms with Gasteiger partial charge >= 0.3 is 29.6 Å². The average Bonchev–Trinajstić information content (AvgIpc) is 1.78. The third kappa shape index (κ3) is 13.8. The molecule has 0 bridgehead atoms. The summed E-state index contributed by atoms with van der Waals surface area (Å²) >= 11 is 0. The first-order valence-electron chi connectivity index (χ1n) is 2.68. The smallest absolute Gasteiger partial charge is 0.748 e. The van der Waals surface area contributed by atoms with Crippen molar-refractivity contribution in [1.29, 1.82) is 0 Å². The molecule has 0 aliphatic carbocycles. The van der Waals surface area contributed by atoms with Crippen LogP contribution in [0.2, 0.25) is 0 Å². The van der Waals surface area contributed by atoms with E-state index >= 15 is 0 Å². The molecule has 5 nitrogen and oxygen atoms in total. The molecule has 0 saturated carbocycles. The Bertz CT molecular complexity index is 165. The summed E-state index contributed by atoms with van der Waals surface area (Å²) in [4.78, 5) is 0. The van der Waals surface area contributed by atoms with Gasteiger partial charge in [0.25, 0.3) is 0 Å². The molecule has 11 heavy (non-hydrogen) atoms. The Morgan fingerprint density at radius 3 is 2.27 bits per heavy atom. The summed E-state index contributed by atoms with van der Waals surface area (Å²) < 4.78 is 34.2. The Balaban J connectivity index is 0. The van der Waals surface area contributed by atoms with Gasteiger partial charge < -0.3 is 14.4 Å². The number of rotatable bonds is 5. The summed E-state index contributed by atoms with van der Waals surface area (Å²) in [5, 5.41) is 8.14. The Morgan fingerprint density at radius 2 is 1.91 bits per heavy atom. The summed E-state index contributed by atoms with van der Waals surface area (Å²) in [5.41, 5.74) is 0. The van der Waals surface area contributed by atoms with Gasteiger partial charge in [0.2, 0.25) is 0 Å². The van der Waals surface area contributed by atoms with Crippen molar-refractivity contribution in [3.63, 3.8) is 0 Å². The molecule has 0 aromatic carbocycles. The molecule has 7 heteroatoms. The predicted molar refractivity (Wildman–Crippen MR) is 32.5 cm³/mol. The molecule has 0 radical (unpaired) electrons. The first kappa shape index (κ1) is 14.4. The molecule has 1 N–H and O–H groups in total. The molecule has 0 aliphatic heterocycles. The van der Waals surface area contributed by atoms with Gasteiger partial charge in [0.1, 0.15) is 0 Å². The molecule has 0 unspecified atom stereocenters. The van der Waals surface area contributed by atoms with Crippen molar-refractivity contribution in [2.45, 2.75) is 0 Å². The van der Waals surface area contributed by atoms with Crippen LogP contribution in [0.5, 0.6) is 0 Å². The second-order valence-electron chi connectivity index (χ2n) is 1.60. The molecule has 0 spiro atoms. The van der Waals surface area contributed by atoms with E-state index in [0.717, 1.165) is 0 Å². The Kier molecular flexibility index (Phi) is 9.76. The van der Waals surface area contributed by atoms with Crippen LogP contribution in [0.4, 0.5) is 0 Å². The first-order valence-corrected chi connectivity index (χ1v) is 4.26. The van der Waals surface area contributed by atoms with Gasteiger partial charge in [0, 0.05) is 0 Å². The fraction of sp³-hybridized carbons (Fsp3) is 1.00. The average molecular weight is 192 g/mol. The number of hydrogen-bond acceptors (Lipinski definition) is 5. The van der Waals surface area contributed by atoms with Crippen molar-refractivity contribution in [2.75, 3.05) is 25.6 Å². The molecule has 0 aromatic heterocycles. The van der Waals surface area contributed by atoms with E-state index < -0.39 is 15.9 Å². The van der Waals surface area contributed by atoms with E-state index in [-0.39, 0.29) is 49.4 Å². The third-order valence-electron chi connectivity index (χ3n) is 0.713. The monoisotopic (exact) mass is 192 g/mol. The molecular formula is C4H9NaO5S. The minimum atomic E-state index is -4.16. The first-order chi connectivity index (χ1) is 4.56. The molecule has 0 heterocycles. The van der Waals surface area contributed by atoms with Crippen molar-refractivity contribution in [1.82, 2.24) is 0 Å². The van der Waals surface area contributed by atoms with E-state index in [1.165, 1.54) is 0 Å². The van der Waals surface area contributed by atoms with Crippen LogP contribution >= 0.6 is 0 Å². The summed E-state index contributed by atoms with van der Waals surface area (Å²) in [5.74, 6) is -0.535. The second-order valence-corrected chi connectivity index (χ2v) is 3.12. The molecule has 62 valence electrons. The molecule has 0 amide bonds. The zero-order chi connectivity index (χ0) is 8.04. The number of ether oxygens (including phenoxy) is 1. The second kappa shape index (κ2) is 7.48. The van der Waals surface area contributed by atoms with Crippen LogP contribution in [0.3, 0.4) is 0 Å². The van der Waals surface area contributed by atoms with Gasteiger partial charge in [-0.25, -0.2) is 8.42 Å². The van der Waals surface area contributed by atoms with E-state index in [2.05, 4.69) is 4.74 Å². The van der Waals surface area contributed by atoms with Crippen molar-refractivity contribution in [3.05, 3.63) is 0 Å². The van der Waals surface area contributed by atoms with Crippen molar-refractivity contribution < 1.29 is 52.4 Å². The van der Waals surface area contributed by atoms with Crippen LogP contribution in [0.15, 0.2) is 0 Å². The standard InChI is InChI=1S/C4H10O5S.Na/c5-1-2-9-3-4-10(6,7)8;/h5H,1-4H2,(H,6,7,8);/q;+1/p-1. The molecule has 0 fully saturated rings. The van der Waals surface area contributed by atoms with Gasteiger partial charge in [0.15, 0.2) is 0 Å². The van der Waals surface area contributed by atoms with Crippen molar-refractivity contribution in [2.24, 2.45) is 0 Å². The van der Waals surface area contributed by atoms with Crippen LogP contribution in [0, 0.1) is 0 Å². The fourth-order valence-corrected chi connectivity index (χ4v) is 0.650. The minimum Gasteiger partial charge on any atom is -0.748 e. The summed E-state index contributed by atoms with van der Waals surface area (Å²) in [6.07, 6.45) is 0. The van der Waals surface area contributed by atoms with Crippen LogP contribution in [0.1, 0.15) is 0 Å². The largest absolute Gasteiger partial charge is 1.00 e.